The van der Waals surface area contributed by atoms with Gasteiger partial charge in [0.1, 0.15) is 6.07 Å². The van der Waals surface area contributed by atoms with E-state index < -0.39 is 5.97 Å². The summed E-state index contributed by atoms with van der Waals surface area (Å²) in [5.74, 6) is -1.10. The maximum atomic E-state index is 10.9. The van der Waals surface area contributed by atoms with Crippen LogP contribution in [0, 0.1) is 11.3 Å². The van der Waals surface area contributed by atoms with E-state index in [1.165, 1.54) is 6.07 Å². The normalized spacial score (nSPS) is 9.50. The Morgan fingerprint density at radius 2 is 2.21 bits per heavy atom. The van der Waals surface area contributed by atoms with Gasteiger partial charge in [0.15, 0.2) is 0 Å². The van der Waals surface area contributed by atoms with Crippen LogP contribution in [-0.4, -0.2) is 11.1 Å². The molecule has 0 heterocycles. The first-order valence-electron chi connectivity index (χ1n) is 3.62. The molecule has 0 atom stereocenters. The van der Waals surface area contributed by atoms with Crippen molar-refractivity contribution in [1.82, 2.24) is 0 Å². The summed E-state index contributed by atoms with van der Waals surface area (Å²) in [6.07, 6.45) is 0. The Balaban J connectivity index is 3.49. The summed E-state index contributed by atoms with van der Waals surface area (Å²) in [5.41, 5.74) is 0.986. The largest absolute Gasteiger partial charge is 0.478 e. The number of halogens is 2. The van der Waals surface area contributed by atoms with E-state index in [0.29, 0.717) is 9.80 Å². The van der Waals surface area contributed by atoms with E-state index in [9.17, 15) is 4.79 Å². The number of carboxylic acid groups (broad SMARTS) is 1. The van der Waals surface area contributed by atoms with E-state index in [0.717, 1.165) is 5.56 Å². The van der Waals surface area contributed by atoms with Crippen LogP contribution < -0.4 is 0 Å². The molecule has 0 radical (unpaired) electrons. The lowest BCUT2D eigenvalue weighted by atomic mass is 10.1. The van der Waals surface area contributed by atoms with Crippen molar-refractivity contribution in [2.45, 2.75) is 5.33 Å². The number of carbonyl (C=O) groups is 1. The predicted octanol–water partition coefficient (Wildman–Crippen LogP) is 2.91. The maximum absolute atomic E-state index is 10.9. The van der Waals surface area contributed by atoms with Gasteiger partial charge in [0.2, 0.25) is 0 Å². The molecular weight excluding hydrogens is 314 g/mol. The molecule has 0 fully saturated rings. The Morgan fingerprint density at radius 3 is 2.64 bits per heavy atom. The van der Waals surface area contributed by atoms with Crippen molar-refractivity contribution in [2.24, 2.45) is 0 Å². The van der Waals surface area contributed by atoms with Crippen molar-refractivity contribution in [3.63, 3.8) is 0 Å². The molecule has 14 heavy (non-hydrogen) atoms. The number of alkyl halides is 1. The van der Waals surface area contributed by atoms with Gasteiger partial charge in [-0.1, -0.05) is 22.0 Å². The molecule has 0 saturated heterocycles. The highest BCUT2D eigenvalue weighted by Crippen LogP contribution is 2.26. The summed E-state index contributed by atoms with van der Waals surface area (Å²) in [6.45, 7) is 0. The van der Waals surface area contributed by atoms with Gasteiger partial charge in [-0.3, -0.25) is 0 Å². The summed E-state index contributed by atoms with van der Waals surface area (Å²) in [7, 11) is 0. The Labute approximate surface area is 97.6 Å². The fourth-order valence-corrected chi connectivity index (χ4v) is 2.52. The van der Waals surface area contributed by atoms with Crippen LogP contribution in [0.15, 0.2) is 16.6 Å². The van der Waals surface area contributed by atoms with Crippen LogP contribution in [0.2, 0.25) is 0 Å². The highest BCUT2D eigenvalue weighted by molar-refractivity contribution is 9.10. The van der Waals surface area contributed by atoms with E-state index in [4.69, 9.17) is 10.4 Å². The number of aromatic carboxylic acids is 1. The third-order valence-electron chi connectivity index (χ3n) is 1.70. The Kier molecular flexibility index (Phi) is 3.67. The molecule has 0 spiro atoms. The molecule has 0 aliphatic heterocycles. The smallest absolute Gasteiger partial charge is 0.338 e. The molecule has 0 aliphatic carbocycles. The number of hydrogen-bond acceptors (Lipinski definition) is 2. The molecule has 0 amide bonds. The van der Waals surface area contributed by atoms with Crippen LogP contribution in [0.5, 0.6) is 0 Å². The predicted molar refractivity (Wildman–Crippen MR) is 58.4 cm³/mol. The second kappa shape index (κ2) is 4.58. The number of benzene rings is 1. The quantitative estimate of drug-likeness (QED) is 0.853. The number of nitrogens with zero attached hydrogens (tertiary/aromatic N) is 1. The van der Waals surface area contributed by atoms with Crippen LogP contribution >= 0.6 is 31.9 Å². The van der Waals surface area contributed by atoms with Crippen molar-refractivity contribution in [1.29, 1.82) is 5.26 Å². The van der Waals surface area contributed by atoms with Crippen LogP contribution in [0.25, 0.3) is 0 Å². The highest BCUT2D eigenvalue weighted by atomic mass is 79.9. The zero-order valence-electron chi connectivity index (χ0n) is 6.92. The monoisotopic (exact) mass is 317 g/mol. The van der Waals surface area contributed by atoms with E-state index >= 15 is 0 Å². The zero-order valence-corrected chi connectivity index (χ0v) is 10.1. The van der Waals surface area contributed by atoms with E-state index in [2.05, 4.69) is 31.9 Å². The topological polar surface area (TPSA) is 61.1 Å². The van der Waals surface area contributed by atoms with Gasteiger partial charge in [0.25, 0.3) is 0 Å². The summed E-state index contributed by atoms with van der Waals surface area (Å²) < 4.78 is 0.459. The molecular formula is C9H5Br2NO2. The summed E-state index contributed by atoms with van der Waals surface area (Å²) >= 11 is 6.40. The second-order valence-corrected chi connectivity index (χ2v) is 3.87. The van der Waals surface area contributed by atoms with Crippen molar-refractivity contribution >= 4 is 37.8 Å². The minimum absolute atomic E-state index is 0.0180. The molecule has 0 unspecified atom stereocenters. The number of carboxylic acids is 1. The Bertz CT molecular complexity index is 424. The number of nitriles is 1. The first-order valence-corrected chi connectivity index (χ1v) is 5.54. The summed E-state index contributed by atoms with van der Waals surface area (Å²) in [4.78, 5) is 10.9. The summed E-state index contributed by atoms with van der Waals surface area (Å²) in [6, 6.07) is 5.06. The molecule has 72 valence electrons. The van der Waals surface area contributed by atoms with Crippen LogP contribution in [-0.2, 0) is 5.33 Å². The Hall–Kier alpha value is -0.860. The van der Waals surface area contributed by atoms with Crippen molar-refractivity contribution in [2.75, 3.05) is 0 Å². The molecule has 0 aromatic heterocycles. The molecule has 0 bridgehead atoms. The summed E-state index contributed by atoms with van der Waals surface area (Å²) in [5, 5.41) is 18.2. The molecule has 3 nitrogen and oxygen atoms in total. The van der Waals surface area contributed by atoms with Gasteiger partial charge in [-0.2, -0.15) is 5.26 Å². The lowest BCUT2D eigenvalue weighted by Crippen LogP contribution is -2.03. The molecule has 0 aliphatic rings. The fraction of sp³-hybridized carbons (Fsp3) is 0.111. The molecule has 0 saturated carbocycles. The standard InChI is InChI=1S/C9H5Br2NO2/c10-3-5-1-2-6(4-12)7(8(5)11)9(13)14/h1-2H,3H2,(H,13,14). The lowest BCUT2D eigenvalue weighted by Gasteiger charge is -2.05. The number of rotatable bonds is 2. The van der Waals surface area contributed by atoms with Gasteiger partial charge in [-0.15, -0.1) is 0 Å². The van der Waals surface area contributed by atoms with Crippen molar-refractivity contribution in [3.8, 4) is 6.07 Å². The first kappa shape index (κ1) is 11.2. The number of hydrogen-bond donors (Lipinski definition) is 1. The zero-order chi connectivity index (χ0) is 10.7. The fourth-order valence-electron chi connectivity index (χ4n) is 1.02. The molecule has 1 N–H and O–H groups in total. The van der Waals surface area contributed by atoms with Crippen LogP contribution in [0.4, 0.5) is 0 Å². The van der Waals surface area contributed by atoms with Crippen molar-refractivity contribution in [3.05, 3.63) is 33.3 Å². The SMILES string of the molecule is N#Cc1ccc(CBr)c(Br)c1C(=O)O. The van der Waals surface area contributed by atoms with E-state index in [1.54, 1.807) is 6.07 Å². The van der Waals surface area contributed by atoms with Crippen LogP contribution in [0.3, 0.4) is 0 Å². The van der Waals surface area contributed by atoms with Gasteiger partial charge >= 0.3 is 5.97 Å². The molecule has 5 heteroatoms. The Morgan fingerprint density at radius 1 is 1.57 bits per heavy atom. The van der Waals surface area contributed by atoms with Gasteiger partial charge in [-0.05, 0) is 27.6 Å². The maximum Gasteiger partial charge on any atom is 0.338 e. The van der Waals surface area contributed by atoms with Gasteiger partial charge in [-0.25, -0.2) is 4.79 Å². The molecule has 1 aromatic rings. The average Bonchev–Trinajstić information content (AvgIpc) is 2.16. The van der Waals surface area contributed by atoms with E-state index in [-0.39, 0.29) is 11.1 Å². The second-order valence-electron chi connectivity index (χ2n) is 2.51. The third-order valence-corrected chi connectivity index (χ3v) is 3.21. The average molecular weight is 319 g/mol. The molecule has 1 rings (SSSR count). The minimum atomic E-state index is -1.10. The lowest BCUT2D eigenvalue weighted by molar-refractivity contribution is 0.0695. The minimum Gasteiger partial charge on any atom is -0.478 e. The van der Waals surface area contributed by atoms with Gasteiger partial charge in [0, 0.05) is 9.80 Å². The first-order chi connectivity index (χ1) is 6.61. The molecule has 1 aromatic carbocycles. The van der Waals surface area contributed by atoms with Gasteiger partial charge in [0.05, 0.1) is 11.1 Å². The third kappa shape index (κ3) is 1.97. The van der Waals surface area contributed by atoms with Gasteiger partial charge < -0.3 is 5.11 Å². The highest BCUT2D eigenvalue weighted by Gasteiger charge is 2.16. The van der Waals surface area contributed by atoms with E-state index in [1.807, 2.05) is 6.07 Å². The van der Waals surface area contributed by atoms with Crippen LogP contribution in [0.1, 0.15) is 21.5 Å². The van der Waals surface area contributed by atoms with Crippen molar-refractivity contribution < 1.29 is 9.90 Å².